The summed E-state index contributed by atoms with van der Waals surface area (Å²) in [6.45, 7) is 9.20. The van der Waals surface area contributed by atoms with Crippen molar-refractivity contribution in [2.75, 3.05) is 20.3 Å². The van der Waals surface area contributed by atoms with Crippen LogP contribution in [0.1, 0.15) is 66.2 Å². The Balaban J connectivity index is 2.49. The summed E-state index contributed by atoms with van der Waals surface area (Å²) in [5.41, 5.74) is -0.0745. The second-order valence-electron chi connectivity index (χ2n) is 8.49. The van der Waals surface area contributed by atoms with E-state index < -0.39 is 10.0 Å². The van der Waals surface area contributed by atoms with Gasteiger partial charge in [0.15, 0.2) is 0 Å². The van der Waals surface area contributed by atoms with Gasteiger partial charge in [0.1, 0.15) is 16.4 Å². The highest BCUT2D eigenvalue weighted by molar-refractivity contribution is 7.89. The van der Waals surface area contributed by atoms with E-state index in [2.05, 4.69) is 13.8 Å². The van der Waals surface area contributed by atoms with Crippen molar-refractivity contribution < 1.29 is 17.9 Å². The first-order valence-electron chi connectivity index (χ1n) is 10.00. The van der Waals surface area contributed by atoms with Crippen LogP contribution in [0.25, 0.3) is 0 Å². The van der Waals surface area contributed by atoms with Crippen LogP contribution in [0, 0.1) is 5.41 Å². The summed E-state index contributed by atoms with van der Waals surface area (Å²) < 4.78 is 39.9. The lowest BCUT2D eigenvalue weighted by atomic mass is 9.86. The highest BCUT2D eigenvalue weighted by Gasteiger charge is 2.34. The van der Waals surface area contributed by atoms with E-state index in [0.29, 0.717) is 24.7 Å². The van der Waals surface area contributed by atoms with Gasteiger partial charge in [0.2, 0.25) is 10.0 Å². The molecule has 0 spiro atoms. The Morgan fingerprint density at radius 3 is 2.44 bits per heavy atom. The molecule has 0 amide bonds. The van der Waals surface area contributed by atoms with Crippen molar-refractivity contribution in [1.29, 1.82) is 0 Å². The molecule has 1 aliphatic heterocycles. The van der Waals surface area contributed by atoms with Crippen LogP contribution in [-0.2, 0) is 10.0 Å². The van der Waals surface area contributed by atoms with Crippen molar-refractivity contribution in [3.8, 4) is 11.5 Å². The lowest BCUT2D eigenvalue weighted by molar-refractivity contribution is 0.211. The molecule has 154 valence electrons. The number of rotatable bonds is 2. The van der Waals surface area contributed by atoms with Gasteiger partial charge in [-0.05, 0) is 44.2 Å². The Kier molecular flexibility index (Phi) is 7.57. The van der Waals surface area contributed by atoms with E-state index in [1.807, 2.05) is 13.8 Å². The third-order valence-corrected chi connectivity index (χ3v) is 7.21. The molecule has 27 heavy (non-hydrogen) atoms. The topological polar surface area (TPSA) is 55.8 Å². The fourth-order valence-electron chi connectivity index (χ4n) is 3.53. The Hall–Kier alpha value is -1.27. The van der Waals surface area contributed by atoms with Crippen LogP contribution < -0.4 is 9.47 Å². The predicted molar refractivity (Wildman–Crippen MR) is 109 cm³/mol. The molecular weight excluding hydrogens is 362 g/mol. The molecule has 2 rings (SSSR count). The molecule has 0 atom stereocenters. The number of hydrogen-bond donors (Lipinski definition) is 0. The normalized spacial score (nSPS) is 21.7. The number of ether oxygens (including phenoxy) is 2. The van der Waals surface area contributed by atoms with Gasteiger partial charge in [0, 0.05) is 18.7 Å². The molecule has 0 aromatic heterocycles. The number of fused-ring (bicyclic) bond motifs is 1. The molecule has 1 aliphatic rings. The van der Waals surface area contributed by atoms with Gasteiger partial charge in [-0.25, -0.2) is 8.42 Å². The van der Waals surface area contributed by atoms with Crippen LogP contribution in [0.15, 0.2) is 23.1 Å². The SMILES string of the molecule is COc1ccc2c(c1)OCCCCCCCC(C)(C)CN(C(C)C)S2(=O)=O. The van der Waals surface area contributed by atoms with Gasteiger partial charge in [-0.2, -0.15) is 4.31 Å². The smallest absolute Gasteiger partial charge is 0.247 e. The molecule has 0 radical (unpaired) electrons. The highest BCUT2D eigenvalue weighted by Crippen LogP contribution is 2.35. The predicted octanol–water partition coefficient (Wildman–Crippen LogP) is 4.85. The molecule has 0 aliphatic carbocycles. The van der Waals surface area contributed by atoms with Crippen LogP contribution in [0.4, 0.5) is 0 Å². The van der Waals surface area contributed by atoms with Gasteiger partial charge in [-0.1, -0.05) is 39.5 Å². The third-order valence-electron chi connectivity index (χ3n) is 5.15. The lowest BCUT2D eigenvalue weighted by Gasteiger charge is -2.35. The molecular formula is C21H35NO4S. The number of benzene rings is 1. The van der Waals surface area contributed by atoms with Gasteiger partial charge in [-0.15, -0.1) is 0 Å². The van der Waals surface area contributed by atoms with Crippen molar-refractivity contribution >= 4 is 10.0 Å². The average molecular weight is 398 g/mol. The molecule has 5 nitrogen and oxygen atoms in total. The van der Waals surface area contributed by atoms with Crippen LogP contribution in [0.5, 0.6) is 11.5 Å². The van der Waals surface area contributed by atoms with Gasteiger partial charge >= 0.3 is 0 Å². The maximum atomic E-state index is 13.5. The summed E-state index contributed by atoms with van der Waals surface area (Å²) in [7, 11) is -2.10. The first-order valence-corrected chi connectivity index (χ1v) is 11.4. The maximum absolute atomic E-state index is 13.5. The summed E-state index contributed by atoms with van der Waals surface area (Å²) in [4.78, 5) is 0.227. The molecule has 0 unspecified atom stereocenters. The van der Waals surface area contributed by atoms with E-state index in [4.69, 9.17) is 9.47 Å². The van der Waals surface area contributed by atoms with Crippen molar-refractivity contribution in [3.63, 3.8) is 0 Å². The van der Waals surface area contributed by atoms with Crippen LogP contribution >= 0.6 is 0 Å². The van der Waals surface area contributed by atoms with Gasteiger partial charge < -0.3 is 9.47 Å². The minimum Gasteiger partial charge on any atom is -0.497 e. The maximum Gasteiger partial charge on any atom is 0.247 e. The monoisotopic (exact) mass is 397 g/mol. The van der Waals surface area contributed by atoms with E-state index in [9.17, 15) is 8.42 Å². The van der Waals surface area contributed by atoms with E-state index in [1.54, 1.807) is 29.6 Å². The molecule has 0 bridgehead atoms. The van der Waals surface area contributed by atoms with Gasteiger partial charge in [0.05, 0.1) is 13.7 Å². The molecule has 1 aromatic carbocycles. The molecule has 6 heteroatoms. The summed E-state index contributed by atoms with van der Waals surface area (Å²) in [5.74, 6) is 0.983. The largest absolute Gasteiger partial charge is 0.497 e. The number of methoxy groups -OCH3 is 1. The summed E-state index contributed by atoms with van der Waals surface area (Å²) in [6, 6.07) is 4.85. The average Bonchev–Trinajstić information content (AvgIpc) is 2.60. The highest BCUT2D eigenvalue weighted by atomic mass is 32.2. The zero-order valence-corrected chi connectivity index (χ0v) is 18.3. The van der Waals surface area contributed by atoms with Crippen molar-refractivity contribution in [1.82, 2.24) is 4.31 Å². The number of sulfonamides is 1. The van der Waals surface area contributed by atoms with E-state index in [1.165, 1.54) is 12.8 Å². The molecule has 0 saturated carbocycles. The third kappa shape index (κ3) is 5.85. The zero-order valence-electron chi connectivity index (χ0n) is 17.5. The standard InChI is InChI=1S/C21H35NO4S/c1-17(2)22-16-21(3,4)13-9-7-6-8-10-14-26-19-15-18(25-5)11-12-20(19)27(22,23)24/h11-12,15,17H,6-10,13-14,16H2,1-5H3. The quantitative estimate of drug-likeness (QED) is 0.715. The molecule has 0 fully saturated rings. The van der Waals surface area contributed by atoms with Crippen molar-refractivity contribution in [3.05, 3.63) is 18.2 Å². The Morgan fingerprint density at radius 1 is 1.11 bits per heavy atom. The van der Waals surface area contributed by atoms with E-state index in [0.717, 1.165) is 25.7 Å². The first kappa shape index (κ1) is 22.0. The minimum atomic E-state index is -3.67. The fourth-order valence-corrected chi connectivity index (χ4v) is 5.47. The molecule has 1 aromatic rings. The summed E-state index contributed by atoms with van der Waals surface area (Å²) in [6.07, 6.45) is 6.56. The Morgan fingerprint density at radius 2 is 1.78 bits per heavy atom. The number of hydrogen-bond acceptors (Lipinski definition) is 4. The summed E-state index contributed by atoms with van der Waals surface area (Å²) in [5, 5.41) is 0. The lowest BCUT2D eigenvalue weighted by Crippen LogP contribution is -2.43. The van der Waals surface area contributed by atoms with Crippen LogP contribution in [-0.4, -0.2) is 39.0 Å². The first-order chi connectivity index (χ1) is 12.7. The number of nitrogens with zero attached hydrogens (tertiary/aromatic N) is 1. The van der Waals surface area contributed by atoms with Gasteiger partial charge in [-0.3, -0.25) is 0 Å². The van der Waals surface area contributed by atoms with Crippen molar-refractivity contribution in [2.24, 2.45) is 5.41 Å². The van der Waals surface area contributed by atoms with E-state index >= 15 is 0 Å². The van der Waals surface area contributed by atoms with Crippen LogP contribution in [0.3, 0.4) is 0 Å². The minimum absolute atomic E-state index is 0.0745. The molecule has 0 N–H and O–H groups in total. The molecule has 1 heterocycles. The Labute approximate surface area is 165 Å². The van der Waals surface area contributed by atoms with Gasteiger partial charge in [0.25, 0.3) is 0 Å². The molecule has 0 saturated heterocycles. The van der Waals surface area contributed by atoms with E-state index in [-0.39, 0.29) is 16.4 Å². The second-order valence-corrected chi connectivity index (χ2v) is 10.3. The fraction of sp³-hybridized carbons (Fsp3) is 0.714. The Bertz CT molecular complexity index is 713. The zero-order chi connectivity index (χ0) is 20.1. The van der Waals surface area contributed by atoms with Crippen molar-refractivity contribution in [2.45, 2.75) is 77.2 Å². The summed E-state index contributed by atoms with van der Waals surface area (Å²) >= 11 is 0. The second kappa shape index (κ2) is 9.28. The van der Waals surface area contributed by atoms with Crippen LogP contribution in [0.2, 0.25) is 0 Å².